The second-order valence-corrected chi connectivity index (χ2v) is 5.47. The van der Waals surface area contributed by atoms with Crippen LogP contribution < -0.4 is 9.46 Å². The highest BCUT2D eigenvalue weighted by molar-refractivity contribution is 6.06. The molecule has 2 aromatic rings. The van der Waals surface area contributed by atoms with Crippen molar-refractivity contribution in [2.24, 2.45) is 0 Å². The minimum absolute atomic E-state index is 0.106. The molecule has 0 N–H and O–H groups in total. The van der Waals surface area contributed by atoms with Crippen molar-refractivity contribution >= 4 is 17.6 Å². The minimum Gasteiger partial charge on any atom is -0.619 e. The molecule has 0 unspecified atom stereocenters. The van der Waals surface area contributed by atoms with Crippen molar-refractivity contribution in [3.05, 3.63) is 61.5 Å². The zero-order chi connectivity index (χ0) is 20.5. The van der Waals surface area contributed by atoms with Gasteiger partial charge in [0.25, 0.3) is 6.20 Å². The molecular formula is C16H15N3O8. The van der Waals surface area contributed by atoms with E-state index in [0.717, 1.165) is 32.7 Å². The molecule has 0 aliphatic heterocycles. The molecule has 2 rings (SSSR count). The number of nitrogens with zero attached hydrogens (tertiary/aromatic N) is 3. The molecule has 0 aliphatic carbocycles. The number of nitro groups is 1. The number of hydrogen-bond donors (Lipinski definition) is 0. The van der Waals surface area contributed by atoms with Crippen LogP contribution in [0.1, 0.15) is 32.1 Å². The van der Waals surface area contributed by atoms with Gasteiger partial charge in [-0.2, -0.15) is 9.46 Å². The number of hydrogen-bond acceptors (Lipinski definition) is 8. The van der Waals surface area contributed by atoms with Crippen LogP contribution in [0.5, 0.6) is 0 Å². The Bertz CT molecular complexity index is 928. The van der Waals surface area contributed by atoms with Crippen LogP contribution in [0.25, 0.3) is 11.1 Å². The summed E-state index contributed by atoms with van der Waals surface area (Å²) in [5.74, 6) is -1.91. The van der Waals surface area contributed by atoms with Crippen molar-refractivity contribution in [2.45, 2.75) is 13.8 Å². The molecule has 11 heteroatoms. The minimum atomic E-state index is -0.957. The Morgan fingerprint density at radius 1 is 1.00 bits per heavy atom. The van der Waals surface area contributed by atoms with Crippen LogP contribution in [0.15, 0.2) is 18.5 Å². The molecule has 2 aromatic heterocycles. The van der Waals surface area contributed by atoms with Gasteiger partial charge in [0.05, 0.1) is 24.7 Å². The number of carbonyl (C=O) groups excluding carboxylic acids is 2. The summed E-state index contributed by atoms with van der Waals surface area (Å²) in [5, 5.41) is 35.3. The fraction of sp³-hybridized carbons (Fsp3) is 0.250. The summed E-state index contributed by atoms with van der Waals surface area (Å²) < 4.78 is 9.89. The maximum absolute atomic E-state index is 12.4. The van der Waals surface area contributed by atoms with E-state index in [4.69, 9.17) is 0 Å². The second-order valence-electron chi connectivity index (χ2n) is 5.47. The van der Waals surface area contributed by atoms with E-state index >= 15 is 0 Å². The van der Waals surface area contributed by atoms with Gasteiger partial charge < -0.3 is 19.9 Å². The predicted octanol–water partition coefficient (Wildman–Crippen LogP) is 0.719. The Labute approximate surface area is 152 Å². The zero-order valence-corrected chi connectivity index (χ0v) is 14.8. The van der Waals surface area contributed by atoms with Gasteiger partial charge in [0.1, 0.15) is 11.1 Å². The first-order valence-corrected chi connectivity index (χ1v) is 7.46. The van der Waals surface area contributed by atoms with Crippen LogP contribution in [-0.2, 0) is 9.47 Å². The van der Waals surface area contributed by atoms with Gasteiger partial charge in [0, 0.05) is 25.5 Å². The quantitative estimate of drug-likeness (QED) is 0.249. The maximum Gasteiger partial charge on any atom is 0.344 e. The molecule has 2 heterocycles. The molecule has 27 heavy (non-hydrogen) atoms. The summed E-state index contributed by atoms with van der Waals surface area (Å²) in [6.07, 6.45) is 1.66. The Kier molecular flexibility index (Phi) is 5.24. The second kappa shape index (κ2) is 7.23. The van der Waals surface area contributed by atoms with Gasteiger partial charge in [0.2, 0.25) is 11.4 Å². The standard InChI is InChI=1S/C16H15N3O8/c1-8-12(15(20)26-3)14(13(16(21)27-4)9(2)18(8)23)10-5-11(19(24)25)7-17(22)6-10/h5-7H,1-4H3. The number of aromatic nitrogens is 2. The highest BCUT2D eigenvalue weighted by Crippen LogP contribution is 2.32. The van der Waals surface area contributed by atoms with Crippen LogP contribution in [0.2, 0.25) is 0 Å². The number of methoxy groups -OCH3 is 2. The van der Waals surface area contributed by atoms with Gasteiger partial charge in [-0.3, -0.25) is 10.1 Å². The lowest BCUT2D eigenvalue weighted by atomic mass is 9.93. The lowest BCUT2D eigenvalue weighted by Crippen LogP contribution is -2.39. The Balaban J connectivity index is 3.07. The van der Waals surface area contributed by atoms with Gasteiger partial charge in [-0.05, 0) is 0 Å². The highest BCUT2D eigenvalue weighted by Gasteiger charge is 2.34. The number of rotatable bonds is 4. The molecule has 0 aromatic carbocycles. The molecule has 11 nitrogen and oxygen atoms in total. The van der Waals surface area contributed by atoms with E-state index in [-0.39, 0.29) is 38.4 Å². The molecule has 0 spiro atoms. The monoisotopic (exact) mass is 377 g/mol. The van der Waals surface area contributed by atoms with Crippen LogP contribution in [0, 0.1) is 34.4 Å². The van der Waals surface area contributed by atoms with E-state index in [9.17, 15) is 30.1 Å². The van der Waals surface area contributed by atoms with Gasteiger partial charge in [-0.15, -0.1) is 0 Å². The highest BCUT2D eigenvalue weighted by atomic mass is 16.6. The van der Waals surface area contributed by atoms with Gasteiger partial charge in [-0.25, -0.2) is 9.59 Å². The van der Waals surface area contributed by atoms with Crippen molar-refractivity contribution in [3.63, 3.8) is 0 Å². The summed E-state index contributed by atoms with van der Waals surface area (Å²) in [6.45, 7) is 2.64. The van der Waals surface area contributed by atoms with Crippen LogP contribution >= 0.6 is 0 Å². The molecule has 0 bridgehead atoms. The van der Waals surface area contributed by atoms with Crippen LogP contribution in [0.3, 0.4) is 0 Å². The Morgan fingerprint density at radius 2 is 1.48 bits per heavy atom. The molecule has 0 aliphatic rings. The van der Waals surface area contributed by atoms with E-state index in [1.807, 2.05) is 0 Å². The van der Waals surface area contributed by atoms with Gasteiger partial charge in [-0.1, -0.05) is 0 Å². The van der Waals surface area contributed by atoms with E-state index < -0.39 is 22.5 Å². The molecule has 0 atom stereocenters. The largest absolute Gasteiger partial charge is 0.619 e. The number of carbonyl (C=O) groups is 2. The summed E-state index contributed by atoms with van der Waals surface area (Å²) in [6, 6.07) is 1.01. The van der Waals surface area contributed by atoms with E-state index in [0.29, 0.717) is 4.73 Å². The summed E-state index contributed by atoms with van der Waals surface area (Å²) in [7, 11) is 2.14. The number of pyridine rings is 2. The van der Waals surface area contributed by atoms with Gasteiger partial charge in [0.15, 0.2) is 6.20 Å². The summed E-state index contributed by atoms with van der Waals surface area (Å²) in [4.78, 5) is 34.9. The number of esters is 2. The third-order valence-electron chi connectivity index (χ3n) is 3.94. The van der Waals surface area contributed by atoms with Crippen LogP contribution in [0.4, 0.5) is 5.69 Å². The average Bonchev–Trinajstić information content (AvgIpc) is 2.64. The van der Waals surface area contributed by atoms with Crippen LogP contribution in [-0.4, -0.2) is 31.1 Å². The van der Waals surface area contributed by atoms with E-state index in [1.165, 1.54) is 13.8 Å². The molecule has 142 valence electrons. The fourth-order valence-electron chi connectivity index (χ4n) is 2.71. The molecule has 0 saturated carbocycles. The van der Waals surface area contributed by atoms with E-state index in [1.54, 1.807) is 0 Å². The summed E-state index contributed by atoms with van der Waals surface area (Å²) >= 11 is 0. The molecule has 0 amide bonds. The fourth-order valence-corrected chi connectivity index (χ4v) is 2.71. The lowest BCUT2D eigenvalue weighted by Gasteiger charge is -2.17. The first kappa shape index (κ1) is 19.6. The molecule has 0 saturated heterocycles. The molecular weight excluding hydrogens is 362 g/mol. The number of ether oxygens (including phenoxy) is 2. The van der Waals surface area contributed by atoms with Crippen molar-refractivity contribution in [1.82, 2.24) is 0 Å². The lowest BCUT2D eigenvalue weighted by molar-refractivity contribution is -0.619. The van der Waals surface area contributed by atoms with Crippen molar-refractivity contribution in [3.8, 4) is 11.1 Å². The third-order valence-corrected chi connectivity index (χ3v) is 3.94. The van der Waals surface area contributed by atoms with Gasteiger partial charge >= 0.3 is 17.6 Å². The Hall–Kier alpha value is -3.76. The first-order valence-electron chi connectivity index (χ1n) is 7.46. The van der Waals surface area contributed by atoms with Crippen molar-refractivity contribution in [2.75, 3.05) is 14.2 Å². The normalized spacial score (nSPS) is 10.4. The summed E-state index contributed by atoms with van der Waals surface area (Å²) in [5.41, 5.74) is -1.67. The smallest absolute Gasteiger partial charge is 0.344 e. The van der Waals surface area contributed by atoms with E-state index in [2.05, 4.69) is 9.47 Å². The SMILES string of the molecule is COC(=O)c1c(-c2cc([N+](=O)[O-])c[n+]([O-])c2)c(C(=O)OC)c(C)[n+]([O-])c1C. The van der Waals surface area contributed by atoms with Crippen molar-refractivity contribution < 1.29 is 33.4 Å². The van der Waals surface area contributed by atoms with Crippen molar-refractivity contribution in [1.29, 1.82) is 0 Å². The topological polar surface area (TPSA) is 150 Å². The first-order chi connectivity index (χ1) is 12.6. The Morgan fingerprint density at radius 3 is 1.89 bits per heavy atom. The maximum atomic E-state index is 12.4. The molecule has 0 fully saturated rings. The average molecular weight is 377 g/mol. The zero-order valence-electron chi connectivity index (χ0n) is 14.8. The molecule has 0 radical (unpaired) electrons. The third kappa shape index (κ3) is 3.34. The predicted molar refractivity (Wildman–Crippen MR) is 88.6 cm³/mol.